The molecule has 0 spiro atoms. The van der Waals surface area contributed by atoms with Crippen molar-refractivity contribution < 1.29 is 9.59 Å². The van der Waals surface area contributed by atoms with Gasteiger partial charge in [0.1, 0.15) is 0 Å². The van der Waals surface area contributed by atoms with Crippen LogP contribution in [0.5, 0.6) is 0 Å². The Kier molecular flexibility index (Phi) is 6.08. The highest BCUT2D eigenvalue weighted by molar-refractivity contribution is 6.16. The minimum absolute atomic E-state index is 0.138. The van der Waals surface area contributed by atoms with Crippen LogP contribution in [0, 0.1) is 0 Å². The second-order valence-corrected chi connectivity index (χ2v) is 6.13. The first-order valence-corrected chi connectivity index (χ1v) is 8.29. The van der Waals surface area contributed by atoms with Crippen molar-refractivity contribution in [2.75, 3.05) is 0 Å². The van der Waals surface area contributed by atoms with Gasteiger partial charge in [0.25, 0.3) is 11.8 Å². The normalized spacial score (nSPS) is 13.3. The van der Waals surface area contributed by atoms with Crippen LogP contribution in [0.2, 0.25) is 0 Å². The van der Waals surface area contributed by atoms with E-state index in [1.807, 2.05) is 32.0 Å². The molecule has 0 aliphatic rings. The molecule has 0 aliphatic heterocycles. The van der Waals surface area contributed by atoms with E-state index in [1.54, 1.807) is 12.1 Å². The molecule has 0 fully saturated rings. The second-order valence-electron chi connectivity index (χ2n) is 6.13. The zero-order valence-corrected chi connectivity index (χ0v) is 14.5. The van der Waals surface area contributed by atoms with Gasteiger partial charge in [0, 0.05) is 6.04 Å². The monoisotopic (exact) mass is 343 g/mol. The van der Waals surface area contributed by atoms with Crippen LogP contribution in [-0.4, -0.2) is 17.9 Å². The van der Waals surface area contributed by atoms with Gasteiger partial charge in [0.15, 0.2) is 0 Å². The largest absolute Gasteiger partial charge is 0.327 e. The van der Waals surface area contributed by atoms with Gasteiger partial charge in [-0.05, 0) is 34.7 Å². The third kappa shape index (κ3) is 3.63. The molecule has 8 N–H and O–H groups in total. The van der Waals surface area contributed by atoms with E-state index in [0.29, 0.717) is 10.9 Å². The number of hydrogen-bond donors (Lipinski definition) is 5. The van der Waals surface area contributed by atoms with E-state index >= 15 is 0 Å². The van der Waals surface area contributed by atoms with E-state index in [1.165, 1.54) is 0 Å². The zero-order valence-electron chi connectivity index (χ0n) is 14.5. The van der Waals surface area contributed by atoms with Crippen LogP contribution in [0.4, 0.5) is 0 Å². The van der Waals surface area contributed by atoms with Crippen LogP contribution < -0.4 is 28.3 Å². The smallest absolute Gasteiger partial charge is 0.266 e. The quantitative estimate of drug-likeness (QED) is 0.306. The number of hydrazine groups is 2. The van der Waals surface area contributed by atoms with Crippen molar-refractivity contribution >= 4 is 22.6 Å². The topological polar surface area (TPSA) is 136 Å². The molecule has 134 valence electrons. The molecule has 0 radical (unpaired) electrons. The Morgan fingerprint density at radius 2 is 1.68 bits per heavy atom. The Morgan fingerprint density at radius 1 is 1.08 bits per heavy atom. The number of nitrogen functional groups attached to an aromatic ring is 2. The van der Waals surface area contributed by atoms with Crippen LogP contribution in [0.3, 0.4) is 0 Å². The molecule has 7 heteroatoms. The summed E-state index contributed by atoms with van der Waals surface area (Å²) in [7, 11) is 0. The van der Waals surface area contributed by atoms with Gasteiger partial charge in [-0.3, -0.25) is 20.4 Å². The maximum Gasteiger partial charge on any atom is 0.266 e. The van der Waals surface area contributed by atoms with Crippen molar-refractivity contribution in [3.05, 3.63) is 47.0 Å². The average Bonchev–Trinajstić information content (AvgIpc) is 2.64. The minimum Gasteiger partial charge on any atom is -0.327 e. The molecule has 0 aromatic heterocycles. The number of fused-ring (bicyclic) bond motifs is 1. The highest BCUT2D eigenvalue weighted by Gasteiger charge is 2.27. The number of rotatable bonds is 6. The summed E-state index contributed by atoms with van der Waals surface area (Å²) in [5.41, 5.74) is 11.6. The van der Waals surface area contributed by atoms with Gasteiger partial charge in [-0.15, -0.1) is 0 Å². The number of nitrogens with one attached hydrogen (secondary N) is 2. The van der Waals surface area contributed by atoms with E-state index < -0.39 is 11.8 Å². The fourth-order valence-corrected chi connectivity index (χ4v) is 3.17. The molecule has 0 heterocycles. The average molecular weight is 343 g/mol. The molecule has 2 unspecified atom stereocenters. The van der Waals surface area contributed by atoms with Crippen molar-refractivity contribution in [3.8, 4) is 0 Å². The van der Waals surface area contributed by atoms with Gasteiger partial charge in [-0.1, -0.05) is 44.5 Å². The third-order valence-corrected chi connectivity index (χ3v) is 4.55. The lowest BCUT2D eigenvalue weighted by Gasteiger charge is -2.24. The zero-order chi connectivity index (χ0) is 18.6. The standard InChI is InChI=1S/C18H25N5O2/c1-3-6-14(19)10(2)13-9-11-7-4-5-8-12(11)15(17(24)22-20)16(13)18(25)23-21/h4-5,7-10,14H,3,6,19-21H2,1-2H3,(H,22,24)(H,23,25). The van der Waals surface area contributed by atoms with Gasteiger partial charge >= 0.3 is 0 Å². The summed E-state index contributed by atoms with van der Waals surface area (Å²) in [6.45, 7) is 4.00. The summed E-state index contributed by atoms with van der Waals surface area (Å²) in [5, 5.41) is 1.46. The predicted octanol–water partition coefficient (Wildman–Crippen LogP) is 1.28. The van der Waals surface area contributed by atoms with Crippen LogP contribution in [0.25, 0.3) is 10.8 Å². The Labute approximate surface area is 146 Å². The van der Waals surface area contributed by atoms with Crippen LogP contribution >= 0.6 is 0 Å². The lowest BCUT2D eigenvalue weighted by molar-refractivity contribution is 0.0919. The summed E-state index contributed by atoms with van der Waals surface area (Å²) in [6, 6.07) is 9.07. The predicted molar refractivity (Wildman–Crippen MR) is 98.6 cm³/mol. The summed E-state index contributed by atoms with van der Waals surface area (Å²) in [6.07, 6.45) is 1.73. The number of carbonyl (C=O) groups is 2. The van der Waals surface area contributed by atoms with Crippen LogP contribution in [0.1, 0.15) is 58.9 Å². The number of benzene rings is 2. The molecule has 25 heavy (non-hydrogen) atoms. The summed E-state index contributed by atoms with van der Waals surface area (Å²) < 4.78 is 0. The molecule has 2 rings (SSSR count). The molecule has 0 bridgehead atoms. The van der Waals surface area contributed by atoms with Crippen molar-refractivity contribution in [2.45, 2.75) is 38.6 Å². The number of nitrogens with two attached hydrogens (primary N) is 3. The maximum absolute atomic E-state index is 12.5. The minimum atomic E-state index is -0.548. The highest BCUT2D eigenvalue weighted by Crippen LogP contribution is 2.32. The molecule has 0 saturated carbocycles. The second kappa shape index (κ2) is 8.06. The molecule has 0 aliphatic carbocycles. The highest BCUT2D eigenvalue weighted by atomic mass is 16.2. The number of carbonyl (C=O) groups excluding carboxylic acids is 2. The van der Waals surface area contributed by atoms with Gasteiger partial charge in [0.05, 0.1) is 11.1 Å². The first-order chi connectivity index (χ1) is 12.0. The first kappa shape index (κ1) is 18.9. The molecule has 2 aromatic carbocycles. The Balaban J connectivity index is 2.83. The van der Waals surface area contributed by atoms with Gasteiger partial charge in [0.2, 0.25) is 0 Å². The van der Waals surface area contributed by atoms with Crippen LogP contribution in [-0.2, 0) is 0 Å². The summed E-state index contributed by atoms with van der Waals surface area (Å²) >= 11 is 0. The maximum atomic E-state index is 12.5. The van der Waals surface area contributed by atoms with Crippen LogP contribution in [0.15, 0.2) is 30.3 Å². The lowest BCUT2D eigenvalue weighted by atomic mass is 9.83. The van der Waals surface area contributed by atoms with Gasteiger partial charge < -0.3 is 5.73 Å². The molecule has 2 atom stereocenters. The van der Waals surface area contributed by atoms with E-state index in [-0.39, 0.29) is 23.1 Å². The van der Waals surface area contributed by atoms with E-state index in [4.69, 9.17) is 17.4 Å². The molecular formula is C18H25N5O2. The van der Waals surface area contributed by atoms with Crippen molar-refractivity contribution in [3.63, 3.8) is 0 Å². The summed E-state index contributed by atoms with van der Waals surface area (Å²) in [5.74, 6) is 9.49. The van der Waals surface area contributed by atoms with Crippen molar-refractivity contribution in [1.29, 1.82) is 0 Å². The van der Waals surface area contributed by atoms with Crippen molar-refractivity contribution in [2.24, 2.45) is 17.4 Å². The fraction of sp³-hybridized carbons (Fsp3) is 0.333. The molecule has 2 amide bonds. The molecular weight excluding hydrogens is 318 g/mol. The van der Waals surface area contributed by atoms with Crippen molar-refractivity contribution in [1.82, 2.24) is 10.9 Å². The van der Waals surface area contributed by atoms with Gasteiger partial charge in [-0.25, -0.2) is 11.7 Å². The lowest BCUT2D eigenvalue weighted by Crippen LogP contribution is -2.37. The van der Waals surface area contributed by atoms with E-state index in [2.05, 4.69) is 10.9 Å². The van der Waals surface area contributed by atoms with Gasteiger partial charge in [-0.2, -0.15) is 0 Å². The van der Waals surface area contributed by atoms with E-state index in [0.717, 1.165) is 18.2 Å². The first-order valence-electron chi connectivity index (χ1n) is 8.29. The van der Waals surface area contributed by atoms with E-state index in [9.17, 15) is 9.59 Å². The SMILES string of the molecule is CCCC(N)C(C)c1cc2ccccc2c(C(=O)NN)c1C(=O)NN. The Hall–Kier alpha value is -2.48. The summed E-state index contributed by atoms with van der Waals surface area (Å²) in [4.78, 5) is 25.0. The molecule has 7 nitrogen and oxygen atoms in total. The fourth-order valence-electron chi connectivity index (χ4n) is 3.17. The number of amides is 2. The Morgan fingerprint density at radius 3 is 2.28 bits per heavy atom. The molecule has 2 aromatic rings. The Bertz CT molecular complexity index is 790. The third-order valence-electron chi connectivity index (χ3n) is 4.55. The number of hydrogen-bond acceptors (Lipinski definition) is 5. The molecule has 0 saturated heterocycles.